The molecule has 1 aliphatic heterocycles. The minimum atomic E-state index is -0.420. The van der Waals surface area contributed by atoms with Crippen molar-refractivity contribution in [2.75, 3.05) is 13.2 Å². The molecule has 1 heterocycles. The van der Waals surface area contributed by atoms with Gasteiger partial charge in [-0.3, -0.25) is 9.59 Å². The van der Waals surface area contributed by atoms with E-state index in [1.165, 1.54) is 0 Å². The molecule has 0 fully saturated rings. The first-order chi connectivity index (χ1) is 8.95. The number of carbonyl (C=O) groups is 2. The maximum absolute atomic E-state index is 12.4. The molecule has 0 atom stereocenters. The van der Waals surface area contributed by atoms with E-state index in [-0.39, 0.29) is 11.7 Å². The van der Waals surface area contributed by atoms with E-state index in [0.29, 0.717) is 30.0 Å². The summed E-state index contributed by atoms with van der Waals surface area (Å²) in [5, 5.41) is 2.74. The fraction of sp³-hybridized carbons (Fsp3) is 0.467. The van der Waals surface area contributed by atoms with E-state index in [0.717, 1.165) is 6.42 Å². The summed E-state index contributed by atoms with van der Waals surface area (Å²) in [6, 6.07) is 5.08. The third kappa shape index (κ3) is 2.62. The molecule has 0 unspecified atom stereocenters. The summed E-state index contributed by atoms with van der Waals surface area (Å²) in [6.07, 6.45) is 0.756. The highest BCUT2D eigenvalue weighted by molar-refractivity contribution is 6.04. The Bertz CT molecular complexity index is 520. The number of ether oxygens (including phenoxy) is 1. The minimum absolute atomic E-state index is 0.0508. The van der Waals surface area contributed by atoms with Crippen molar-refractivity contribution in [2.45, 2.75) is 27.2 Å². The molecule has 4 nitrogen and oxygen atoms in total. The van der Waals surface area contributed by atoms with Gasteiger partial charge < -0.3 is 10.1 Å². The number of hydrogen-bond donors (Lipinski definition) is 1. The zero-order valence-corrected chi connectivity index (χ0v) is 11.6. The lowest BCUT2D eigenvalue weighted by molar-refractivity contribution is 0.0833. The number of nitrogens with one attached hydrogen (secondary N) is 1. The van der Waals surface area contributed by atoms with Crippen LogP contribution in [0.3, 0.4) is 0 Å². The highest BCUT2D eigenvalue weighted by Gasteiger charge is 2.28. The van der Waals surface area contributed by atoms with Gasteiger partial charge in [-0.1, -0.05) is 20.8 Å². The van der Waals surface area contributed by atoms with Crippen LogP contribution in [0.5, 0.6) is 5.75 Å². The number of fused-ring (bicyclic) bond motifs is 1. The van der Waals surface area contributed by atoms with Crippen LogP contribution in [0.2, 0.25) is 0 Å². The van der Waals surface area contributed by atoms with Crippen LogP contribution in [0, 0.1) is 5.41 Å². The molecule has 1 aliphatic rings. The van der Waals surface area contributed by atoms with Crippen LogP contribution in [0.4, 0.5) is 0 Å². The molecule has 0 aromatic heterocycles. The largest absolute Gasteiger partial charge is 0.491 e. The zero-order valence-electron chi connectivity index (χ0n) is 11.6. The third-order valence-corrected chi connectivity index (χ3v) is 3.63. The summed E-state index contributed by atoms with van der Waals surface area (Å²) in [5.74, 6) is 0.409. The minimum Gasteiger partial charge on any atom is -0.491 e. The van der Waals surface area contributed by atoms with E-state index in [9.17, 15) is 9.59 Å². The first kappa shape index (κ1) is 13.6. The van der Waals surface area contributed by atoms with Crippen LogP contribution < -0.4 is 10.1 Å². The molecule has 1 N–H and O–H groups in total. The Hall–Kier alpha value is -1.84. The average molecular weight is 261 g/mol. The van der Waals surface area contributed by atoms with Crippen LogP contribution >= 0.6 is 0 Å². The molecule has 0 saturated carbocycles. The Balaban J connectivity index is 2.40. The Morgan fingerprint density at radius 2 is 2.16 bits per heavy atom. The number of ketones is 1. The summed E-state index contributed by atoms with van der Waals surface area (Å²) in [4.78, 5) is 24.3. The molecule has 0 saturated heterocycles. The SMILES string of the molecule is CCC(C)(C)C(=O)c1ccc2c(c1)C(=O)NCCO2. The Morgan fingerprint density at radius 3 is 2.84 bits per heavy atom. The lowest BCUT2D eigenvalue weighted by atomic mass is 9.81. The van der Waals surface area contributed by atoms with Gasteiger partial charge in [0.15, 0.2) is 5.78 Å². The Morgan fingerprint density at radius 1 is 1.42 bits per heavy atom. The van der Waals surface area contributed by atoms with Gasteiger partial charge in [0.25, 0.3) is 5.91 Å². The van der Waals surface area contributed by atoms with Gasteiger partial charge in [-0.05, 0) is 24.6 Å². The number of carbonyl (C=O) groups excluding carboxylic acids is 2. The van der Waals surface area contributed by atoms with Gasteiger partial charge in [-0.25, -0.2) is 0 Å². The fourth-order valence-electron chi connectivity index (χ4n) is 1.95. The van der Waals surface area contributed by atoms with Crippen LogP contribution in [0.15, 0.2) is 18.2 Å². The molecule has 19 heavy (non-hydrogen) atoms. The number of rotatable bonds is 3. The lowest BCUT2D eigenvalue weighted by Crippen LogP contribution is -2.25. The molecule has 1 aromatic rings. The van der Waals surface area contributed by atoms with Crippen molar-refractivity contribution in [2.24, 2.45) is 5.41 Å². The van der Waals surface area contributed by atoms with Crippen molar-refractivity contribution < 1.29 is 14.3 Å². The van der Waals surface area contributed by atoms with Crippen molar-refractivity contribution in [1.82, 2.24) is 5.32 Å². The van der Waals surface area contributed by atoms with Gasteiger partial charge >= 0.3 is 0 Å². The number of hydrogen-bond acceptors (Lipinski definition) is 3. The van der Waals surface area contributed by atoms with E-state index >= 15 is 0 Å². The summed E-state index contributed by atoms with van der Waals surface area (Å²) in [6.45, 7) is 6.75. The van der Waals surface area contributed by atoms with Crippen molar-refractivity contribution in [3.8, 4) is 5.75 Å². The molecular formula is C15H19NO3. The molecule has 102 valence electrons. The van der Waals surface area contributed by atoms with Gasteiger partial charge in [0.05, 0.1) is 12.1 Å². The van der Waals surface area contributed by atoms with Gasteiger partial charge in [-0.2, -0.15) is 0 Å². The van der Waals surface area contributed by atoms with Crippen molar-refractivity contribution in [3.63, 3.8) is 0 Å². The van der Waals surface area contributed by atoms with Crippen molar-refractivity contribution in [1.29, 1.82) is 0 Å². The number of benzene rings is 1. The summed E-state index contributed by atoms with van der Waals surface area (Å²) in [7, 11) is 0. The van der Waals surface area contributed by atoms with E-state index < -0.39 is 5.41 Å². The smallest absolute Gasteiger partial charge is 0.255 e. The fourth-order valence-corrected chi connectivity index (χ4v) is 1.95. The zero-order chi connectivity index (χ0) is 14.0. The van der Waals surface area contributed by atoms with Gasteiger partial charge in [0.1, 0.15) is 12.4 Å². The second-order valence-electron chi connectivity index (χ2n) is 5.38. The molecule has 0 bridgehead atoms. The monoisotopic (exact) mass is 261 g/mol. The number of Topliss-reactive ketones (excluding diaryl/α,β-unsaturated/α-hetero) is 1. The van der Waals surface area contributed by atoms with Crippen molar-refractivity contribution >= 4 is 11.7 Å². The second kappa shape index (κ2) is 5.03. The van der Waals surface area contributed by atoms with Crippen molar-refractivity contribution in [3.05, 3.63) is 29.3 Å². The molecule has 2 rings (SSSR count). The highest BCUT2D eigenvalue weighted by Crippen LogP contribution is 2.28. The topological polar surface area (TPSA) is 55.4 Å². The first-order valence-electron chi connectivity index (χ1n) is 6.55. The molecular weight excluding hydrogens is 242 g/mol. The first-order valence-corrected chi connectivity index (χ1v) is 6.55. The Kier molecular flexibility index (Phi) is 3.60. The molecule has 1 amide bonds. The standard InChI is InChI=1S/C15H19NO3/c1-4-15(2,3)13(17)10-5-6-12-11(9-10)14(18)16-7-8-19-12/h5-6,9H,4,7-8H2,1-3H3,(H,16,18). The predicted octanol–water partition coefficient (Wildman–Crippen LogP) is 2.43. The van der Waals surface area contributed by atoms with E-state index in [4.69, 9.17) is 4.74 Å². The van der Waals surface area contributed by atoms with Crippen LogP contribution in [-0.2, 0) is 0 Å². The predicted molar refractivity (Wildman–Crippen MR) is 72.7 cm³/mol. The van der Waals surface area contributed by atoms with Gasteiger partial charge in [-0.15, -0.1) is 0 Å². The maximum Gasteiger partial charge on any atom is 0.255 e. The normalized spacial score (nSPS) is 15.0. The van der Waals surface area contributed by atoms with Crippen LogP contribution in [-0.4, -0.2) is 24.8 Å². The summed E-state index contributed by atoms with van der Waals surface area (Å²) in [5.41, 5.74) is 0.581. The van der Waals surface area contributed by atoms with Gasteiger partial charge in [0, 0.05) is 11.0 Å². The quantitative estimate of drug-likeness (QED) is 0.850. The van der Waals surface area contributed by atoms with Crippen LogP contribution in [0.25, 0.3) is 0 Å². The lowest BCUT2D eigenvalue weighted by Gasteiger charge is -2.21. The molecule has 1 aromatic carbocycles. The van der Waals surface area contributed by atoms with E-state index in [1.54, 1.807) is 18.2 Å². The van der Waals surface area contributed by atoms with Gasteiger partial charge in [0.2, 0.25) is 0 Å². The molecule has 0 radical (unpaired) electrons. The molecule has 0 aliphatic carbocycles. The number of amides is 1. The average Bonchev–Trinajstić information content (AvgIpc) is 2.59. The molecule has 4 heteroatoms. The van der Waals surface area contributed by atoms with E-state index in [1.807, 2.05) is 20.8 Å². The highest BCUT2D eigenvalue weighted by atomic mass is 16.5. The Labute approximate surface area is 113 Å². The summed E-state index contributed by atoms with van der Waals surface area (Å²) >= 11 is 0. The third-order valence-electron chi connectivity index (χ3n) is 3.63. The molecule has 0 spiro atoms. The second-order valence-corrected chi connectivity index (χ2v) is 5.38. The maximum atomic E-state index is 12.4. The summed E-state index contributed by atoms with van der Waals surface area (Å²) < 4.78 is 5.47. The van der Waals surface area contributed by atoms with E-state index in [2.05, 4.69) is 5.32 Å². The van der Waals surface area contributed by atoms with Crippen LogP contribution in [0.1, 0.15) is 47.9 Å².